The second-order valence-electron chi connectivity index (χ2n) is 1.07. The molecule has 34 valence electrons. The molecular formula is C5H4N2. The lowest BCUT2D eigenvalue weighted by atomic mass is 10.3. The quantitative estimate of drug-likeness (QED) is 0.418. The summed E-state index contributed by atoms with van der Waals surface area (Å²) in [6, 6.07) is 3.54. The summed E-state index contributed by atoms with van der Waals surface area (Å²) in [7, 11) is 0. The van der Waals surface area contributed by atoms with E-state index < -0.39 is 0 Å². The van der Waals surface area contributed by atoms with E-state index in [1.807, 2.05) is 0 Å². The van der Waals surface area contributed by atoms with Gasteiger partial charge in [0.2, 0.25) is 0 Å². The van der Waals surface area contributed by atoms with Gasteiger partial charge in [0, 0.05) is 11.6 Å². The molecule has 0 atom stereocenters. The summed E-state index contributed by atoms with van der Waals surface area (Å²) in [4.78, 5) is 0. The zero-order valence-electron chi connectivity index (χ0n) is 3.97. The second kappa shape index (κ2) is 2.93. The highest BCUT2D eigenvalue weighted by molar-refractivity contribution is 5.23. The lowest BCUT2D eigenvalue weighted by Crippen LogP contribution is -1.61. The molecule has 0 aromatic rings. The molecule has 0 bridgehead atoms. The summed E-state index contributed by atoms with van der Waals surface area (Å²) in [5, 5.41) is 15.9. The van der Waals surface area contributed by atoms with Crippen molar-refractivity contribution >= 4 is 0 Å². The van der Waals surface area contributed by atoms with Crippen LogP contribution in [0.4, 0.5) is 0 Å². The highest BCUT2D eigenvalue weighted by Gasteiger charge is 1.75. The van der Waals surface area contributed by atoms with Crippen LogP contribution in [-0.4, -0.2) is 0 Å². The van der Waals surface area contributed by atoms with E-state index in [1.54, 1.807) is 19.1 Å². The maximum atomic E-state index is 8.00. The summed E-state index contributed by atoms with van der Waals surface area (Å²) >= 11 is 0. The summed E-state index contributed by atoms with van der Waals surface area (Å²) in [5.41, 5.74) is 0.447. The van der Waals surface area contributed by atoms with Crippen molar-refractivity contribution < 1.29 is 0 Å². The van der Waals surface area contributed by atoms with Gasteiger partial charge in [0.1, 0.15) is 0 Å². The first-order valence-corrected chi connectivity index (χ1v) is 1.77. The van der Waals surface area contributed by atoms with Gasteiger partial charge in [-0.25, -0.2) is 0 Å². The van der Waals surface area contributed by atoms with Gasteiger partial charge in [0.15, 0.2) is 0 Å². The molecule has 0 spiro atoms. The Kier molecular flexibility index (Phi) is 2.40. The van der Waals surface area contributed by atoms with Crippen molar-refractivity contribution in [2.75, 3.05) is 0 Å². The second-order valence-corrected chi connectivity index (χ2v) is 1.07. The summed E-state index contributed by atoms with van der Waals surface area (Å²) < 4.78 is 0. The molecule has 0 radical (unpaired) electrons. The fourth-order valence-electron chi connectivity index (χ4n) is 0.129. The largest absolute Gasteiger partial charge is 0.193 e. The molecule has 0 unspecified atom stereocenters. The van der Waals surface area contributed by atoms with E-state index in [2.05, 4.69) is 0 Å². The van der Waals surface area contributed by atoms with Crippen LogP contribution in [0.2, 0.25) is 0 Å². The van der Waals surface area contributed by atoms with Gasteiger partial charge in [-0.2, -0.15) is 10.5 Å². The molecule has 0 rings (SSSR count). The molecule has 0 aliphatic rings. The van der Waals surface area contributed by atoms with Gasteiger partial charge >= 0.3 is 0 Å². The van der Waals surface area contributed by atoms with Crippen molar-refractivity contribution in [3.8, 4) is 12.1 Å². The lowest BCUT2D eigenvalue weighted by molar-refractivity contribution is 1.43. The average Bonchev–Trinajstić information content (AvgIpc) is 1.68. The van der Waals surface area contributed by atoms with Crippen LogP contribution in [0.3, 0.4) is 0 Å². The van der Waals surface area contributed by atoms with Gasteiger partial charge in [-0.1, -0.05) is 0 Å². The molecule has 0 N–H and O–H groups in total. The molecule has 0 heterocycles. The third-order valence-electron chi connectivity index (χ3n) is 0.457. The van der Waals surface area contributed by atoms with Crippen LogP contribution in [0.25, 0.3) is 0 Å². The minimum Gasteiger partial charge on any atom is -0.193 e. The summed E-state index contributed by atoms with van der Waals surface area (Å²) in [5.74, 6) is 0. The van der Waals surface area contributed by atoms with Crippen LogP contribution in [0.1, 0.15) is 6.92 Å². The van der Waals surface area contributed by atoms with E-state index in [4.69, 9.17) is 10.5 Å². The Balaban J connectivity index is 3.89. The van der Waals surface area contributed by atoms with Crippen molar-refractivity contribution in [3.63, 3.8) is 0 Å². The SMILES string of the molecule is CC(C#N)=CC#N. The number of hydrogen-bond donors (Lipinski definition) is 0. The Labute approximate surface area is 42.3 Å². The highest BCUT2D eigenvalue weighted by atomic mass is 14.2. The zero-order valence-corrected chi connectivity index (χ0v) is 3.97. The van der Waals surface area contributed by atoms with Gasteiger partial charge < -0.3 is 0 Å². The van der Waals surface area contributed by atoms with E-state index in [-0.39, 0.29) is 0 Å². The lowest BCUT2D eigenvalue weighted by Gasteiger charge is -1.68. The van der Waals surface area contributed by atoms with E-state index in [0.717, 1.165) is 0 Å². The van der Waals surface area contributed by atoms with Gasteiger partial charge in [-0.05, 0) is 6.92 Å². The fourth-order valence-corrected chi connectivity index (χ4v) is 0.129. The molecule has 0 saturated carbocycles. The molecule has 0 aliphatic carbocycles. The molecule has 7 heavy (non-hydrogen) atoms. The van der Waals surface area contributed by atoms with Crippen molar-refractivity contribution in [2.24, 2.45) is 0 Å². The van der Waals surface area contributed by atoms with Crippen molar-refractivity contribution in [1.29, 1.82) is 10.5 Å². The Morgan fingerprint density at radius 3 is 2.29 bits per heavy atom. The average molecular weight is 92.1 g/mol. The first-order chi connectivity index (χ1) is 3.31. The van der Waals surface area contributed by atoms with E-state index in [1.165, 1.54) is 6.08 Å². The van der Waals surface area contributed by atoms with Crippen LogP contribution in [0, 0.1) is 22.7 Å². The molecule has 0 saturated heterocycles. The molecular weight excluding hydrogens is 88.1 g/mol. The van der Waals surface area contributed by atoms with E-state index >= 15 is 0 Å². The van der Waals surface area contributed by atoms with Crippen LogP contribution in [0.5, 0.6) is 0 Å². The van der Waals surface area contributed by atoms with Gasteiger partial charge in [0.05, 0.1) is 12.1 Å². The highest BCUT2D eigenvalue weighted by Crippen LogP contribution is 1.83. The molecule has 0 amide bonds. The zero-order chi connectivity index (χ0) is 5.70. The molecule has 2 nitrogen and oxygen atoms in total. The Bertz CT molecular complexity index is 154. The van der Waals surface area contributed by atoms with Crippen LogP contribution >= 0.6 is 0 Å². The fraction of sp³-hybridized carbons (Fsp3) is 0.200. The van der Waals surface area contributed by atoms with Gasteiger partial charge in [0.25, 0.3) is 0 Å². The van der Waals surface area contributed by atoms with E-state index in [9.17, 15) is 0 Å². The molecule has 0 aromatic heterocycles. The van der Waals surface area contributed by atoms with Crippen molar-refractivity contribution in [2.45, 2.75) is 6.92 Å². The number of nitrogens with zero attached hydrogens (tertiary/aromatic N) is 2. The van der Waals surface area contributed by atoms with Crippen molar-refractivity contribution in [3.05, 3.63) is 11.6 Å². The van der Waals surface area contributed by atoms with Crippen LogP contribution < -0.4 is 0 Å². The van der Waals surface area contributed by atoms with Crippen LogP contribution in [0.15, 0.2) is 11.6 Å². The summed E-state index contributed by atoms with van der Waals surface area (Å²) in [6.07, 6.45) is 1.21. The Morgan fingerprint density at radius 2 is 2.14 bits per heavy atom. The van der Waals surface area contributed by atoms with Crippen LogP contribution in [-0.2, 0) is 0 Å². The van der Waals surface area contributed by atoms with E-state index in [0.29, 0.717) is 5.57 Å². The standard InChI is InChI=1S/C5H4N2/c1-5(4-7)2-3-6/h2H,1H3. The number of rotatable bonds is 0. The first-order valence-electron chi connectivity index (χ1n) is 1.77. The molecule has 0 aromatic carbocycles. The molecule has 2 heteroatoms. The summed E-state index contributed by atoms with van der Waals surface area (Å²) in [6.45, 7) is 1.59. The third-order valence-corrected chi connectivity index (χ3v) is 0.457. The smallest absolute Gasteiger partial charge is 0.0951 e. The topological polar surface area (TPSA) is 47.6 Å². The maximum Gasteiger partial charge on any atom is 0.0951 e. The number of allylic oxidation sites excluding steroid dienone is 2. The molecule has 0 aliphatic heterocycles. The Morgan fingerprint density at radius 1 is 1.57 bits per heavy atom. The maximum absolute atomic E-state index is 8.00. The van der Waals surface area contributed by atoms with Gasteiger partial charge in [-0.15, -0.1) is 0 Å². The van der Waals surface area contributed by atoms with Gasteiger partial charge in [-0.3, -0.25) is 0 Å². The predicted molar refractivity (Wildman–Crippen MR) is 25.0 cm³/mol. The first kappa shape index (κ1) is 5.72. The normalized spacial score (nSPS) is 9.29. The predicted octanol–water partition coefficient (Wildman–Crippen LogP) is 0.980. The minimum absolute atomic E-state index is 0.447. The number of nitriles is 2. The Hall–Kier alpha value is -1.28. The molecule has 0 fully saturated rings. The van der Waals surface area contributed by atoms with Crippen molar-refractivity contribution in [1.82, 2.24) is 0 Å². The number of hydrogen-bond acceptors (Lipinski definition) is 2. The minimum atomic E-state index is 0.447. The monoisotopic (exact) mass is 92.0 g/mol. The third kappa shape index (κ3) is 2.52.